The Hall–Kier alpha value is -3.30. The molecule has 11 heteroatoms. The molecule has 8 nitrogen and oxygen atoms in total. The van der Waals surface area contributed by atoms with Crippen molar-refractivity contribution in [1.29, 1.82) is 0 Å². The summed E-state index contributed by atoms with van der Waals surface area (Å²) in [7, 11) is 0. The van der Waals surface area contributed by atoms with Crippen molar-refractivity contribution in [3.8, 4) is 5.69 Å². The number of benzene rings is 2. The molecule has 0 bridgehead atoms. The third kappa shape index (κ3) is 3.53. The van der Waals surface area contributed by atoms with Crippen LogP contribution in [0.4, 0.5) is 4.39 Å². The van der Waals surface area contributed by atoms with E-state index in [9.17, 15) is 18.8 Å². The summed E-state index contributed by atoms with van der Waals surface area (Å²) < 4.78 is 13.8. The molecular weight excluding hydrogens is 436 g/mol. The second-order valence-electron chi connectivity index (χ2n) is 6.36. The highest BCUT2D eigenvalue weighted by Crippen LogP contribution is 2.30. The van der Waals surface area contributed by atoms with Gasteiger partial charge in [0.2, 0.25) is 0 Å². The van der Waals surface area contributed by atoms with Crippen LogP contribution in [0.25, 0.3) is 16.5 Å². The van der Waals surface area contributed by atoms with Crippen LogP contribution in [0.2, 0.25) is 10.0 Å². The first kappa shape index (κ1) is 20.0. The van der Waals surface area contributed by atoms with Crippen LogP contribution >= 0.6 is 23.2 Å². The molecule has 0 saturated carbocycles. The van der Waals surface area contributed by atoms with Crippen LogP contribution in [0.15, 0.2) is 50.8 Å². The summed E-state index contributed by atoms with van der Waals surface area (Å²) in [5, 5.41) is 11.8. The molecule has 2 N–H and O–H groups in total. The molecule has 2 aromatic carbocycles. The number of aromatic amines is 2. The average Bonchev–Trinajstić information content (AvgIpc) is 2.72. The molecule has 4 aromatic rings. The third-order valence-corrected chi connectivity index (χ3v) is 5.19. The Morgan fingerprint density at radius 2 is 1.63 bits per heavy atom. The van der Waals surface area contributed by atoms with Crippen molar-refractivity contribution in [2.24, 2.45) is 0 Å². The number of H-pyrrole nitrogens is 2. The Morgan fingerprint density at radius 3 is 2.30 bits per heavy atom. The smallest absolute Gasteiger partial charge is 0.271 e. The molecule has 0 aliphatic carbocycles. The average molecular weight is 448 g/mol. The number of fused-ring (bicyclic) bond motifs is 1. The van der Waals surface area contributed by atoms with E-state index in [-0.39, 0.29) is 27.7 Å². The molecule has 0 unspecified atom stereocenters. The normalized spacial score (nSPS) is 11.2. The van der Waals surface area contributed by atoms with Gasteiger partial charge in [-0.1, -0.05) is 41.4 Å². The number of nitrogens with zero attached hydrogens (tertiary/aromatic N) is 3. The van der Waals surface area contributed by atoms with Gasteiger partial charge < -0.3 is 0 Å². The molecule has 2 heterocycles. The molecule has 0 aliphatic heterocycles. The van der Waals surface area contributed by atoms with E-state index >= 15 is 0 Å². The van der Waals surface area contributed by atoms with Crippen LogP contribution in [0.1, 0.15) is 17.0 Å². The fourth-order valence-electron chi connectivity index (χ4n) is 3.05. The van der Waals surface area contributed by atoms with Crippen LogP contribution < -0.4 is 16.8 Å². The monoisotopic (exact) mass is 447 g/mol. The maximum absolute atomic E-state index is 13.0. The number of hydrogen-bond acceptors (Lipinski definition) is 5. The van der Waals surface area contributed by atoms with Crippen molar-refractivity contribution in [1.82, 2.24) is 25.0 Å². The number of halogens is 3. The first-order valence-electron chi connectivity index (χ1n) is 8.62. The lowest BCUT2D eigenvalue weighted by Gasteiger charge is -2.12. The van der Waals surface area contributed by atoms with Crippen molar-refractivity contribution in [3.05, 3.63) is 94.6 Å². The van der Waals surface area contributed by atoms with Gasteiger partial charge in [0.05, 0.1) is 16.8 Å². The zero-order valence-electron chi connectivity index (χ0n) is 15.1. The quantitative estimate of drug-likeness (QED) is 0.498. The van der Waals surface area contributed by atoms with Crippen LogP contribution in [0.5, 0.6) is 0 Å². The topological polar surface area (TPSA) is 113 Å². The minimum absolute atomic E-state index is 0.156. The van der Waals surface area contributed by atoms with Crippen LogP contribution in [-0.2, 0) is 13.1 Å². The molecule has 30 heavy (non-hydrogen) atoms. The van der Waals surface area contributed by atoms with Crippen molar-refractivity contribution in [2.75, 3.05) is 0 Å². The summed E-state index contributed by atoms with van der Waals surface area (Å²) in [5.74, 6) is 0. The predicted octanol–water partition coefficient (Wildman–Crippen LogP) is 2.52. The van der Waals surface area contributed by atoms with E-state index in [1.165, 1.54) is 12.1 Å². The molecule has 2 aromatic heterocycles. The summed E-state index contributed by atoms with van der Waals surface area (Å²) in [5.41, 5.74) is -1.29. The highest BCUT2D eigenvalue weighted by atomic mass is 35.5. The van der Waals surface area contributed by atoms with Crippen LogP contribution in [0, 0.1) is 0 Å². The van der Waals surface area contributed by atoms with Crippen molar-refractivity contribution in [2.45, 2.75) is 13.1 Å². The largest absolute Gasteiger partial charge is 0.349 e. The summed E-state index contributed by atoms with van der Waals surface area (Å²) in [6.45, 7) is -1.14. The highest BCUT2D eigenvalue weighted by molar-refractivity contribution is 6.36. The Labute approximate surface area is 176 Å². The fourth-order valence-corrected chi connectivity index (χ4v) is 3.66. The summed E-state index contributed by atoms with van der Waals surface area (Å²) >= 11 is 12.8. The lowest BCUT2D eigenvalue weighted by Crippen LogP contribution is -2.33. The van der Waals surface area contributed by atoms with Gasteiger partial charge in [0.25, 0.3) is 11.1 Å². The molecule has 4 rings (SSSR count). The van der Waals surface area contributed by atoms with Crippen LogP contribution in [-0.4, -0.2) is 25.0 Å². The number of alkyl halides is 1. The molecule has 0 amide bonds. The molecule has 0 spiro atoms. The number of nitrogens with one attached hydrogen (secondary N) is 2. The van der Waals surface area contributed by atoms with Crippen molar-refractivity contribution >= 4 is 34.0 Å². The summed E-state index contributed by atoms with van der Waals surface area (Å²) in [6.07, 6.45) is 0.207. The second-order valence-corrected chi connectivity index (χ2v) is 7.18. The van der Waals surface area contributed by atoms with Gasteiger partial charge in [-0.2, -0.15) is 14.9 Å². The molecular formula is C19H12Cl2FN5O3. The minimum Gasteiger partial charge on any atom is -0.271 e. The Bertz CT molecular complexity index is 1440. The molecule has 0 atom stereocenters. The maximum Gasteiger partial charge on any atom is 0.349 e. The molecule has 152 valence electrons. The standard InChI is InChI=1S/C19H12Cl2FN5O3/c20-13-5-9(27-19(30)23-18(29)16(8-22)26-27)6-14(21)12(13)7-15-10-3-1-2-4-11(10)17(28)25-24-15/h1-6H,7-8H2,(H,25,28)(H,23,29,30). The number of rotatable bonds is 4. The molecule has 0 fully saturated rings. The van der Waals surface area contributed by atoms with Gasteiger partial charge in [0, 0.05) is 21.9 Å². The van der Waals surface area contributed by atoms with E-state index in [1.54, 1.807) is 24.3 Å². The van der Waals surface area contributed by atoms with E-state index in [0.717, 1.165) is 4.68 Å². The molecule has 0 radical (unpaired) electrons. The Morgan fingerprint density at radius 1 is 0.967 bits per heavy atom. The zero-order valence-corrected chi connectivity index (χ0v) is 16.6. The van der Waals surface area contributed by atoms with E-state index in [1.807, 2.05) is 4.98 Å². The van der Waals surface area contributed by atoms with E-state index in [0.29, 0.717) is 22.0 Å². The lowest BCUT2D eigenvalue weighted by molar-refractivity contribution is 0.460. The number of hydrogen-bond donors (Lipinski definition) is 2. The van der Waals surface area contributed by atoms with E-state index < -0.39 is 23.6 Å². The minimum atomic E-state index is -1.14. The second kappa shape index (κ2) is 7.85. The van der Waals surface area contributed by atoms with E-state index in [2.05, 4.69) is 15.3 Å². The number of aromatic nitrogens is 5. The zero-order chi connectivity index (χ0) is 21.4. The summed E-state index contributed by atoms with van der Waals surface area (Å²) in [4.78, 5) is 37.6. The maximum atomic E-state index is 13.0. The van der Waals surface area contributed by atoms with Gasteiger partial charge >= 0.3 is 5.69 Å². The van der Waals surface area contributed by atoms with Gasteiger partial charge in [-0.3, -0.25) is 14.6 Å². The van der Waals surface area contributed by atoms with Crippen molar-refractivity contribution < 1.29 is 4.39 Å². The predicted molar refractivity (Wildman–Crippen MR) is 110 cm³/mol. The van der Waals surface area contributed by atoms with Gasteiger partial charge in [0.1, 0.15) is 6.67 Å². The van der Waals surface area contributed by atoms with Crippen LogP contribution in [0.3, 0.4) is 0 Å². The first-order chi connectivity index (χ1) is 14.4. The third-order valence-electron chi connectivity index (χ3n) is 4.51. The lowest BCUT2D eigenvalue weighted by atomic mass is 10.0. The molecule has 0 aliphatic rings. The molecule has 0 saturated heterocycles. The van der Waals surface area contributed by atoms with Gasteiger partial charge in [0.15, 0.2) is 5.69 Å². The summed E-state index contributed by atoms with van der Waals surface area (Å²) in [6, 6.07) is 9.83. The van der Waals surface area contributed by atoms with Gasteiger partial charge in [-0.15, -0.1) is 0 Å². The van der Waals surface area contributed by atoms with Gasteiger partial charge in [-0.25, -0.2) is 14.3 Å². The first-order valence-corrected chi connectivity index (χ1v) is 9.37. The fraction of sp³-hybridized carbons (Fsp3) is 0.105. The Kier molecular flexibility index (Phi) is 5.23. The highest BCUT2D eigenvalue weighted by Gasteiger charge is 2.16. The van der Waals surface area contributed by atoms with E-state index in [4.69, 9.17) is 23.2 Å². The van der Waals surface area contributed by atoms with Gasteiger partial charge in [-0.05, 0) is 23.8 Å². The van der Waals surface area contributed by atoms with Crippen molar-refractivity contribution in [3.63, 3.8) is 0 Å². The SMILES string of the molecule is O=c1[nH]c(=O)n(-c2cc(Cl)c(Cc3n[nH]c(=O)c4ccccc34)c(Cl)c2)nc1CF. The Balaban J connectivity index is 1.81.